The molecule has 0 radical (unpaired) electrons. The van der Waals surface area contributed by atoms with Crippen LogP contribution in [-0.4, -0.2) is 10.5 Å². The molecule has 1 N–H and O–H groups in total. The van der Waals surface area contributed by atoms with Gasteiger partial charge in [-0.15, -0.1) is 0 Å². The van der Waals surface area contributed by atoms with Gasteiger partial charge in [-0.25, -0.2) is 4.39 Å². The number of hydrogen-bond acceptors (Lipinski definition) is 2. The Balaban J connectivity index is 1.91. The minimum Gasteiger partial charge on any atom is -0.321 e. The van der Waals surface area contributed by atoms with Crippen LogP contribution in [0.4, 0.5) is 10.1 Å². The zero-order chi connectivity index (χ0) is 20.3. The van der Waals surface area contributed by atoms with Crippen molar-refractivity contribution in [2.45, 2.75) is 20.8 Å². The van der Waals surface area contributed by atoms with Gasteiger partial charge in [-0.05, 0) is 74.9 Å². The lowest BCUT2D eigenvalue weighted by molar-refractivity contribution is -0.112. The van der Waals surface area contributed by atoms with E-state index in [2.05, 4.69) is 5.32 Å². The van der Waals surface area contributed by atoms with Gasteiger partial charge in [0.15, 0.2) is 0 Å². The van der Waals surface area contributed by atoms with E-state index in [0.717, 1.165) is 28.2 Å². The lowest BCUT2D eigenvalue weighted by atomic mass is 10.1. The highest BCUT2D eigenvalue weighted by Crippen LogP contribution is 2.23. The second-order valence-corrected chi connectivity index (χ2v) is 6.63. The van der Waals surface area contributed by atoms with Crippen molar-refractivity contribution in [1.82, 2.24) is 4.57 Å². The van der Waals surface area contributed by atoms with Crippen molar-refractivity contribution >= 4 is 17.7 Å². The summed E-state index contributed by atoms with van der Waals surface area (Å²) in [5, 5.41) is 12.2. The van der Waals surface area contributed by atoms with E-state index in [0.29, 0.717) is 5.69 Å². The minimum atomic E-state index is -0.460. The zero-order valence-electron chi connectivity index (χ0n) is 16.0. The summed E-state index contributed by atoms with van der Waals surface area (Å²) in [5.74, 6) is -0.760. The van der Waals surface area contributed by atoms with Crippen molar-refractivity contribution in [1.29, 1.82) is 5.26 Å². The molecule has 0 aliphatic rings. The molecule has 0 unspecified atom stereocenters. The molecule has 0 saturated heterocycles. The summed E-state index contributed by atoms with van der Waals surface area (Å²) in [6.45, 7) is 5.78. The molecule has 0 fully saturated rings. The van der Waals surface area contributed by atoms with Crippen LogP contribution in [-0.2, 0) is 4.79 Å². The average molecular weight is 373 g/mol. The lowest BCUT2D eigenvalue weighted by Crippen LogP contribution is -2.13. The lowest BCUT2D eigenvalue weighted by Gasteiger charge is -2.09. The van der Waals surface area contributed by atoms with E-state index in [9.17, 15) is 14.4 Å². The van der Waals surface area contributed by atoms with Gasteiger partial charge in [0.1, 0.15) is 17.5 Å². The summed E-state index contributed by atoms with van der Waals surface area (Å²) in [6, 6.07) is 17.4. The first-order valence-corrected chi connectivity index (χ1v) is 8.83. The summed E-state index contributed by atoms with van der Waals surface area (Å²) in [5.41, 5.74) is 5.10. The Kier molecular flexibility index (Phi) is 5.42. The molecule has 0 aliphatic carbocycles. The Bertz CT molecular complexity index is 1080. The fraction of sp³-hybridized carbons (Fsp3) is 0.130. The standard InChI is InChI=1S/C23H20FN3O/c1-15-4-8-21(9-5-15)26-23(28)19(14-25)13-18-12-16(2)27(17(18)3)22-10-6-20(24)7-11-22/h4-13H,1-3H3,(H,26,28)/b19-13-. The summed E-state index contributed by atoms with van der Waals surface area (Å²) in [7, 11) is 0. The third kappa shape index (κ3) is 4.02. The fourth-order valence-electron chi connectivity index (χ4n) is 3.06. The maximum absolute atomic E-state index is 13.2. The number of aromatic nitrogens is 1. The average Bonchev–Trinajstić information content (AvgIpc) is 2.95. The van der Waals surface area contributed by atoms with Crippen LogP contribution >= 0.6 is 0 Å². The molecule has 140 valence electrons. The van der Waals surface area contributed by atoms with E-state index < -0.39 is 5.91 Å². The van der Waals surface area contributed by atoms with Crippen LogP contribution in [0.5, 0.6) is 0 Å². The van der Waals surface area contributed by atoms with Gasteiger partial charge in [0.05, 0.1) is 0 Å². The summed E-state index contributed by atoms with van der Waals surface area (Å²) < 4.78 is 15.2. The topological polar surface area (TPSA) is 57.8 Å². The van der Waals surface area contributed by atoms with Crippen LogP contribution < -0.4 is 5.32 Å². The first-order valence-electron chi connectivity index (χ1n) is 8.83. The van der Waals surface area contributed by atoms with Crippen molar-refractivity contribution in [3.8, 4) is 11.8 Å². The van der Waals surface area contributed by atoms with Crippen molar-refractivity contribution in [2.24, 2.45) is 0 Å². The molecule has 4 nitrogen and oxygen atoms in total. The Hall–Kier alpha value is -3.65. The van der Waals surface area contributed by atoms with Crippen LogP contribution in [0.25, 0.3) is 11.8 Å². The maximum atomic E-state index is 13.2. The van der Waals surface area contributed by atoms with Crippen molar-refractivity contribution in [2.75, 3.05) is 5.32 Å². The highest BCUT2D eigenvalue weighted by molar-refractivity contribution is 6.09. The molecule has 3 rings (SSSR count). The number of rotatable bonds is 4. The Morgan fingerprint density at radius 1 is 1.07 bits per heavy atom. The Morgan fingerprint density at radius 2 is 1.71 bits per heavy atom. The van der Waals surface area contributed by atoms with Crippen LogP contribution in [0.2, 0.25) is 0 Å². The minimum absolute atomic E-state index is 0.0138. The van der Waals surface area contributed by atoms with Gasteiger partial charge in [0.2, 0.25) is 0 Å². The summed E-state index contributed by atoms with van der Waals surface area (Å²) >= 11 is 0. The molecule has 1 aromatic heterocycles. The quantitative estimate of drug-likeness (QED) is 0.512. The molecule has 0 spiro atoms. The molecule has 0 bridgehead atoms. The number of benzene rings is 2. The number of nitrogens with one attached hydrogen (secondary N) is 1. The Morgan fingerprint density at radius 3 is 2.32 bits per heavy atom. The molecule has 5 heteroatoms. The number of aryl methyl sites for hydroxylation is 2. The van der Waals surface area contributed by atoms with Crippen LogP contribution in [0.1, 0.15) is 22.5 Å². The first kappa shape index (κ1) is 19.1. The van der Waals surface area contributed by atoms with Gasteiger partial charge in [-0.2, -0.15) is 5.26 Å². The number of amides is 1. The SMILES string of the molecule is Cc1ccc(NC(=O)/C(C#N)=C\c2cc(C)n(-c3ccc(F)cc3)c2C)cc1. The smallest absolute Gasteiger partial charge is 0.266 e. The largest absolute Gasteiger partial charge is 0.321 e. The number of anilines is 1. The molecule has 1 heterocycles. The van der Waals surface area contributed by atoms with E-state index in [4.69, 9.17) is 0 Å². The normalized spacial score (nSPS) is 11.2. The van der Waals surface area contributed by atoms with Gasteiger partial charge in [-0.1, -0.05) is 17.7 Å². The first-order chi connectivity index (χ1) is 13.4. The van der Waals surface area contributed by atoms with Crippen molar-refractivity contribution in [3.63, 3.8) is 0 Å². The maximum Gasteiger partial charge on any atom is 0.266 e. The van der Waals surface area contributed by atoms with E-state index in [1.165, 1.54) is 12.1 Å². The zero-order valence-corrected chi connectivity index (χ0v) is 16.0. The second-order valence-electron chi connectivity index (χ2n) is 6.63. The van der Waals surface area contributed by atoms with Gasteiger partial charge < -0.3 is 9.88 Å². The number of halogens is 1. The van der Waals surface area contributed by atoms with Gasteiger partial charge in [0, 0.05) is 22.8 Å². The summed E-state index contributed by atoms with van der Waals surface area (Å²) in [6.07, 6.45) is 1.58. The monoisotopic (exact) mass is 373 g/mol. The molecule has 0 aliphatic heterocycles. The Labute approximate surface area is 163 Å². The molecule has 2 aromatic carbocycles. The third-order valence-corrected chi connectivity index (χ3v) is 4.53. The number of nitrogens with zero attached hydrogens (tertiary/aromatic N) is 2. The molecule has 0 saturated carbocycles. The number of carbonyl (C=O) groups is 1. The summed E-state index contributed by atoms with van der Waals surface area (Å²) in [4.78, 5) is 12.5. The van der Waals surface area contributed by atoms with Crippen LogP contribution in [0.3, 0.4) is 0 Å². The van der Waals surface area contributed by atoms with Crippen LogP contribution in [0, 0.1) is 37.9 Å². The van der Waals surface area contributed by atoms with Gasteiger partial charge in [-0.3, -0.25) is 4.79 Å². The molecule has 0 atom stereocenters. The van der Waals surface area contributed by atoms with E-state index in [-0.39, 0.29) is 11.4 Å². The molecular weight excluding hydrogens is 353 g/mol. The fourth-order valence-corrected chi connectivity index (χ4v) is 3.06. The van der Waals surface area contributed by atoms with Crippen LogP contribution in [0.15, 0.2) is 60.2 Å². The predicted octanol–water partition coefficient (Wildman–Crippen LogP) is 5.09. The number of hydrogen-bond donors (Lipinski definition) is 1. The molecule has 3 aromatic rings. The number of carbonyl (C=O) groups excluding carboxylic acids is 1. The van der Waals surface area contributed by atoms with Crippen molar-refractivity contribution in [3.05, 3.63) is 88.5 Å². The molecule has 1 amide bonds. The van der Waals surface area contributed by atoms with Gasteiger partial charge in [0.25, 0.3) is 5.91 Å². The van der Waals surface area contributed by atoms with E-state index in [1.54, 1.807) is 30.3 Å². The number of nitriles is 1. The highest BCUT2D eigenvalue weighted by Gasteiger charge is 2.14. The molecule has 28 heavy (non-hydrogen) atoms. The second kappa shape index (κ2) is 7.93. The predicted molar refractivity (Wildman–Crippen MR) is 109 cm³/mol. The highest BCUT2D eigenvalue weighted by atomic mass is 19.1. The van der Waals surface area contributed by atoms with E-state index in [1.807, 2.05) is 49.6 Å². The van der Waals surface area contributed by atoms with E-state index >= 15 is 0 Å². The molecular formula is C23H20FN3O. The third-order valence-electron chi connectivity index (χ3n) is 4.53. The van der Waals surface area contributed by atoms with Gasteiger partial charge >= 0.3 is 0 Å². The van der Waals surface area contributed by atoms with Crippen molar-refractivity contribution < 1.29 is 9.18 Å².